The van der Waals surface area contributed by atoms with Crippen LogP contribution < -0.4 is 4.90 Å². The number of benzene rings is 8. The van der Waals surface area contributed by atoms with Crippen LogP contribution in [-0.2, 0) is 0 Å². The minimum atomic E-state index is 1.12. The summed E-state index contributed by atoms with van der Waals surface area (Å²) in [6.07, 6.45) is 0. The van der Waals surface area contributed by atoms with Crippen molar-refractivity contribution in [2.45, 2.75) is 0 Å². The molecule has 0 saturated heterocycles. The molecule has 1 aromatic heterocycles. The van der Waals surface area contributed by atoms with Gasteiger partial charge in [-0.15, -0.1) is 11.3 Å². The molecule has 0 bridgehead atoms. The smallest absolute Gasteiger partial charge is 0.0540 e. The van der Waals surface area contributed by atoms with Crippen molar-refractivity contribution in [2.75, 3.05) is 4.90 Å². The first kappa shape index (κ1) is 26.7. The van der Waals surface area contributed by atoms with E-state index in [1.807, 2.05) is 11.3 Å². The normalized spacial score (nSPS) is 11.5. The maximum absolute atomic E-state index is 2.41. The number of rotatable bonds is 5. The van der Waals surface area contributed by atoms with Crippen LogP contribution in [0.3, 0.4) is 0 Å². The standard InChI is InChI=1S/C44H29NS/c1-2-12-33-28-36(26-20-30(33)10-1)45(35-24-21-32(22-25-35)38-17-9-13-31-11-3-4-14-37(31)38)42-18-7-5-15-39(42)34-23-27-41-40-16-6-8-19-43(40)46-44(41)29-34/h1-29H. The predicted molar refractivity (Wildman–Crippen MR) is 200 cm³/mol. The largest absolute Gasteiger partial charge is 0.310 e. The van der Waals surface area contributed by atoms with Crippen LogP contribution >= 0.6 is 11.3 Å². The van der Waals surface area contributed by atoms with Gasteiger partial charge in [-0.1, -0.05) is 133 Å². The summed E-state index contributed by atoms with van der Waals surface area (Å²) >= 11 is 1.87. The SMILES string of the molecule is c1ccc(N(c2ccc(-c3cccc4ccccc34)cc2)c2ccc3ccccc3c2)c(-c2ccc3c(c2)sc2ccccc23)c1. The molecule has 0 radical (unpaired) electrons. The Morgan fingerprint density at radius 1 is 0.348 bits per heavy atom. The van der Waals surface area contributed by atoms with E-state index in [9.17, 15) is 0 Å². The highest BCUT2D eigenvalue weighted by Crippen LogP contribution is 2.44. The molecule has 2 heteroatoms. The lowest BCUT2D eigenvalue weighted by atomic mass is 9.97. The second kappa shape index (κ2) is 11.0. The summed E-state index contributed by atoms with van der Waals surface area (Å²) in [6.45, 7) is 0. The van der Waals surface area contributed by atoms with Crippen LogP contribution in [0.4, 0.5) is 17.1 Å². The molecule has 1 nitrogen and oxygen atoms in total. The molecule has 216 valence electrons. The fraction of sp³-hybridized carbons (Fsp3) is 0. The van der Waals surface area contributed by atoms with Crippen LogP contribution in [0.25, 0.3) is 64.0 Å². The van der Waals surface area contributed by atoms with E-state index in [0.29, 0.717) is 0 Å². The lowest BCUT2D eigenvalue weighted by Gasteiger charge is -2.28. The van der Waals surface area contributed by atoms with E-state index in [1.165, 1.54) is 64.0 Å². The van der Waals surface area contributed by atoms with Gasteiger partial charge in [-0.25, -0.2) is 0 Å². The topological polar surface area (TPSA) is 3.24 Å². The van der Waals surface area contributed by atoms with Crippen LogP contribution in [0.2, 0.25) is 0 Å². The lowest BCUT2D eigenvalue weighted by molar-refractivity contribution is 1.29. The fourth-order valence-electron chi connectivity index (χ4n) is 6.82. The van der Waals surface area contributed by atoms with Crippen molar-refractivity contribution in [3.05, 3.63) is 176 Å². The molecule has 0 spiro atoms. The highest BCUT2D eigenvalue weighted by molar-refractivity contribution is 7.25. The Balaban J connectivity index is 1.21. The van der Waals surface area contributed by atoms with Crippen molar-refractivity contribution in [3.8, 4) is 22.3 Å². The average molecular weight is 604 g/mol. The summed E-state index contributed by atoms with van der Waals surface area (Å²) in [6, 6.07) is 64.0. The van der Waals surface area contributed by atoms with Crippen molar-refractivity contribution >= 4 is 70.1 Å². The Morgan fingerprint density at radius 3 is 1.87 bits per heavy atom. The summed E-state index contributed by atoms with van der Waals surface area (Å²) in [7, 11) is 0. The highest BCUT2D eigenvalue weighted by atomic mass is 32.1. The van der Waals surface area contributed by atoms with E-state index in [1.54, 1.807) is 0 Å². The third kappa shape index (κ3) is 4.54. The molecule has 0 fully saturated rings. The molecule has 9 aromatic rings. The van der Waals surface area contributed by atoms with Gasteiger partial charge in [0.05, 0.1) is 5.69 Å². The van der Waals surface area contributed by atoms with Crippen molar-refractivity contribution in [1.29, 1.82) is 0 Å². The van der Waals surface area contributed by atoms with Gasteiger partial charge in [0.2, 0.25) is 0 Å². The summed E-state index contributed by atoms with van der Waals surface area (Å²) in [5.41, 5.74) is 8.28. The van der Waals surface area contributed by atoms with E-state index in [0.717, 1.165) is 17.1 Å². The Morgan fingerprint density at radius 2 is 0.978 bits per heavy atom. The van der Waals surface area contributed by atoms with Crippen molar-refractivity contribution in [3.63, 3.8) is 0 Å². The van der Waals surface area contributed by atoms with Gasteiger partial charge in [0, 0.05) is 37.1 Å². The number of fused-ring (bicyclic) bond motifs is 5. The van der Waals surface area contributed by atoms with Crippen LogP contribution in [0, 0.1) is 0 Å². The molecule has 0 aliphatic rings. The monoisotopic (exact) mass is 603 g/mol. The van der Waals surface area contributed by atoms with Gasteiger partial charge in [-0.3, -0.25) is 0 Å². The molecule has 8 aromatic carbocycles. The second-order valence-corrected chi connectivity index (χ2v) is 12.9. The summed E-state index contributed by atoms with van der Waals surface area (Å²) in [5.74, 6) is 0. The number of hydrogen-bond acceptors (Lipinski definition) is 2. The van der Waals surface area contributed by atoms with E-state index < -0.39 is 0 Å². The Kier molecular flexibility index (Phi) is 6.40. The molecule has 46 heavy (non-hydrogen) atoms. The maximum Gasteiger partial charge on any atom is 0.0540 e. The van der Waals surface area contributed by atoms with Gasteiger partial charge >= 0.3 is 0 Å². The number of thiophene rings is 1. The summed E-state index contributed by atoms with van der Waals surface area (Å²) < 4.78 is 2.64. The first-order valence-electron chi connectivity index (χ1n) is 15.7. The summed E-state index contributed by atoms with van der Waals surface area (Å²) in [4.78, 5) is 2.41. The number of anilines is 3. The van der Waals surface area contributed by atoms with E-state index in [2.05, 4.69) is 181 Å². The minimum Gasteiger partial charge on any atom is -0.310 e. The Labute approximate surface area is 272 Å². The zero-order chi connectivity index (χ0) is 30.5. The third-order valence-electron chi connectivity index (χ3n) is 9.05. The zero-order valence-electron chi connectivity index (χ0n) is 25.1. The molecule has 0 aliphatic heterocycles. The Bertz CT molecular complexity index is 2530. The molecule has 0 amide bonds. The van der Waals surface area contributed by atoms with Crippen LogP contribution in [0.1, 0.15) is 0 Å². The quantitative estimate of drug-likeness (QED) is 0.189. The van der Waals surface area contributed by atoms with E-state index in [4.69, 9.17) is 0 Å². The maximum atomic E-state index is 2.41. The predicted octanol–water partition coefficient (Wildman–Crippen LogP) is 13.2. The number of nitrogens with zero attached hydrogens (tertiary/aromatic N) is 1. The minimum absolute atomic E-state index is 1.12. The number of para-hydroxylation sites is 1. The van der Waals surface area contributed by atoms with Crippen molar-refractivity contribution < 1.29 is 0 Å². The van der Waals surface area contributed by atoms with Crippen molar-refractivity contribution in [2.24, 2.45) is 0 Å². The van der Waals surface area contributed by atoms with E-state index in [-0.39, 0.29) is 0 Å². The lowest BCUT2D eigenvalue weighted by Crippen LogP contribution is -2.11. The van der Waals surface area contributed by atoms with Crippen LogP contribution in [-0.4, -0.2) is 0 Å². The van der Waals surface area contributed by atoms with Gasteiger partial charge in [0.25, 0.3) is 0 Å². The molecular formula is C44H29NS. The molecule has 1 heterocycles. The average Bonchev–Trinajstić information content (AvgIpc) is 3.50. The third-order valence-corrected chi connectivity index (χ3v) is 10.2. The molecule has 0 aliphatic carbocycles. The number of hydrogen-bond donors (Lipinski definition) is 0. The Hall–Kier alpha value is -5.70. The first-order valence-corrected chi connectivity index (χ1v) is 16.5. The van der Waals surface area contributed by atoms with Gasteiger partial charge in [-0.05, 0) is 80.7 Å². The molecular weight excluding hydrogens is 575 g/mol. The van der Waals surface area contributed by atoms with Gasteiger partial charge < -0.3 is 4.90 Å². The molecule has 0 saturated carbocycles. The van der Waals surface area contributed by atoms with Crippen LogP contribution in [0.5, 0.6) is 0 Å². The van der Waals surface area contributed by atoms with E-state index >= 15 is 0 Å². The summed E-state index contributed by atoms with van der Waals surface area (Å²) in [5, 5.41) is 7.63. The highest BCUT2D eigenvalue weighted by Gasteiger charge is 2.18. The molecule has 9 rings (SSSR count). The molecule has 0 atom stereocenters. The van der Waals surface area contributed by atoms with Crippen molar-refractivity contribution in [1.82, 2.24) is 0 Å². The van der Waals surface area contributed by atoms with Gasteiger partial charge in [-0.2, -0.15) is 0 Å². The fourth-order valence-corrected chi connectivity index (χ4v) is 7.96. The molecule has 0 N–H and O–H groups in total. The van der Waals surface area contributed by atoms with Gasteiger partial charge in [0.15, 0.2) is 0 Å². The zero-order valence-corrected chi connectivity index (χ0v) is 25.9. The van der Waals surface area contributed by atoms with Crippen LogP contribution in [0.15, 0.2) is 176 Å². The van der Waals surface area contributed by atoms with Gasteiger partial charge in [0.1, 0.15) is 0 Å². The molecule has 0 unspecified atom stereocenters. The first-order chi connectivity index (χ1) is 22.8. The second-order valence-electron chi connectivity index (χ2n) is 11.8.